The van der Waals surface area contributed by atoms with E-state index in [0.717, 1.165) is 42.9 Å². The molecule has 1 unspecified atom stereocenters. The average molecular weight is 345 g/mol. The molecule has 0 spiro atoms. The number of halogens is 1. The Hall–Kier alpha value is -2.04. The zero-order chi connectivity index (χ0) is 15.6. The topological polar surface area (TPSA) is 50.4 Å². The Labute approximate surface area is 148 Å². The summed E-state index contributed by atoms with van der Waals surface area (Å²) in [5.74, 6) is 0.729. The van der Waals surface area contributed by atoms with Crippen molar-refractivity contribution in [2.45, 2.75) is 25.3 Å². The second kappa shape index (κ2) is 7.24. The lowest BCUT2D eigenvalue weighted by Crippen LogP contribution is -2.27. The molecule has 2 aromatic carbocycles. The molecule has 2 N–H and O–H groups in total. The van der Waals surface area contributed by atoms with E-state index in [9.17, 15) is 4.79 Å². The van der Waals surface area contributed by atoms with Crippen LogP contribution in [0.4, 0.5) is 5.69 Å². The molecule has 0 bridgehead atoms. The van der Waals surface area contributed by atoms with Gasteiger partial charge in [-0.1, -0.05) is 24.3 Å². The molecule has 0 radical (unpaired) electrons. The van der Waals surface area contributed by atoms with Crippen molar-refractivity contribution < 1.29 is 9.53 Å². The van der Waals surface area contributed by atoms with Crippen molar-refractivity contribution in [2.75, 3.05) is 18.5 Å². The van der Waals surface area contributed by atoms with Gasteiger partial charge in [-0.15, -0.1) is 12.4 Å². The van der Waals surface area contributed by atoms with Gasteiger partial charge in [-0.3, -0.25) is 4.79 Å². The number of ether oxygens (including phenoxy) is 1. The number of nitrogens with one attached hydrogen (secondary N) is 2. The van der Waals surface area contributed by atoms with Crippen molar-refractivity contribution in [1.29, 1.82) is 0 Å². The third kappa shape index (κ3) is 3.25. The quantitative estimate of drug-likeness (QED) is 0.879. The van der Waals surface area contributed by atoms with Gasteiger partial charge < -0.3 is 15.4 Å². The van der Waals surface area contributed by atoms with Gasteiger partial charge in [-0.25, -0.2) is 0 Å². The van der Waals surface area contributed by atoms with Gasteiger partial charge in [0.2, 0.25) is 5.91 Å². The van der Waals surface area contributed by atoms with Crippen molar-refractivity contribution in [3.05, 3.63) is 59.2 Å². The second-order valence-electron chi connectivity index (χ2n) is 6.13. The van der Waals surface area contributed by atoms with E-state index in [1.54, 1.807) is 0 Å². The number of carbonyl (C=O) groups excluding carboxylic acids is 1. The molecule has 2 aliphatic rings. The Kier molecular flexibility index (Phi) is 5.07. The van der Waals surface area contributed by atoms with Gasteiger partial charge in [-0.2, -0.15) is 0 Å². The molecule has 1 amide bonds. The zero-order valence-electron chi connectivity index (χ0n) is 13.4. The largest absolute Gasteiger partial charge is 0.493 e. The molecule has 0 aromatic heterocycles. The molecule has 1 atom stereocenters. The summed E-state index contributed by atoms with van der Waals surface area (Å²) >= 11 is 0. The van der Waals surface area contributed by atoms with Gasteiger partial charge in [0.05, 0.1) is 12.5 Å². The first-order valence-electron chi connectivity index (χ1n) is 8.16. The molecule has 0 saturated carbocycles. The van der Waals surface area contributed by atoms with Gasteiger partial charge in [0, 0.05) is 17.8 Å². The lowest BCUT2D eigenvalue weighted by atomic mass is 9.92. The maximum absolute atomic E-state index is 12.7. The van der Waals surface area contributed by atoms with Crippen molar-refractivity contribution in [3.63, 3.8) is 0 Å². The van der Waals surface area contributed by atoms with E-state index < -0.39 is 0 Å². The van der Waals surface area contributed by atoms with Crippen LogP contribution >= 0.6 is 12.4 Å². The number of anilines is 1. The van der Waals surface area contributed by atoms with E-state index in [4.69, 9.17) is 4.74 Å². The normalized spacial score (nSPS) is 18.4. The lowest BCUT2D eigenvalue weighted by Gasteiger charge is -2.25. The van der Waals surface area contributed by atoms with E-state index in [0.29, 0.717) is 6.61 Å². The Balaban J connectivity index is 0.00000169. The number of hydrogen-bond donors (Lipinski definition) is 2. The van der Waals surface area contributed by atoms with Gasteiger partial charge >= 0.3 is 0 Å². The van der Waals surface area contributed by atoms with E-state index in [-0.39, 0.29) is 24.2 Å². The molecule has 0 aliphatic carbocycles. The summed E-state index contributed by atoms with van der Waals surface area (Å²) in [5.41, 5.74) is 4.51. The van der Waals surface area contributed by atoms with Crippen molar-refractivity contribution in [3.8, 4) is 5.75 Å². The Morgan fingerprint density at radius 3 is 2.96 bits per heavy atom. The number of hydrogen-bond acceptors (Lipinski definition) is 3. The fraction of sp³-hybridized carbons (Fsp3) is 0.316. The highest BCUT2D eigenvalue weighted by atomic mass is 35.5. The van der Waals surface area contributed by atoms with Crippen LogP contribution in [0.15, 0.2) is 42.5 Å². The van der Waals surface area contributed by atoms with Gasteiger partial charge in [0.15, 0.2) is 0 Å². The molecule has 2 heterocycles. The summed E-state index contributed by atoms with van der Waals surface area (Å²) in [6.07, 6.45) is 1.77. The first-order valence-corrected chi connectivity index (χ1v) is 8.16. The van der Waals surface area contributed by atoms with Crippen LogP contribution in [0.1, 0.15) is 29.0 Å². The van der Waals surface area contributed by atoms with Crippen LogP contribution in [0.5, 0.6) is 5.75 Å². The highest BCUT2D eigenvalue weighted by Crippen LogP contribution is 2.34. The number of amides is 1. The number of para-hydroxylation sites is 1. The molecule has 5 heteroatoms. The minimum absolute atomic E-state index is 0. The van der Waals surface area contributed by atoms with Crippen molar-refractivity contribution in [1.82, 2.24) is 5.32 Å². The van der Waals surface area contributed by atoms with Crippen LogP contribution < -0.4 is 15.4 Å². The van der Waals surface area contributed by atoms with Crippen LogP contribution in [-0.4, -0.2) is 19.1 Å². The van der Waals surface area contributed by atoms with Crippen molar-refractivity contribution in [2.24, 2.45) is 0 Å². The number of carbonyl (C=O) groups is 1. The smallest absolute Gasteiger partial charge is 0.232 e. The van der Waals surface area contributed by atoms with E-state index >= 15 is 0 Å². The molecule has 4 nitrogen and oxygen atoms in total. The third-order valence-corrected chi connectivity index (χ3v) is 4.64. The molecule has 0 fully saturated rings. The maximum atomic E-state index is 12.7. The Morgan fingerprint density at radius 2 is 2.04 bits per heavy atom. The first kappa shape index (κ1) is 16.8. The lowest BCUT2D eigenvalue weighted by molar-refractivity contribution is -0.118. The van der Waals surface area contributed by atoms with Crippen LogP contribution in [0.25, 0.3) is 0 Å². The van der Waals surface area contributed by atoms with E-state index in [2.05, 4.69) is 22.8 Å². The molecule has 4 rings (SSSR count). The summed E-state index contributed by atoms with van der Waals surface area (Å²) in [6.45, 7) is 2.49. The van der Waals surface area contributed by atoms with Crippen LogP contribution in [-0.2, 0) is 17.8 Å². The monoisotopic (exact) mass is 344 g/mol. The Bertz CT molecular complexity index is 748. The number of rotatable bonds is 2. The fourth-order valence-corrected chi connectivity index (χ4v) is 3.40. The molecule has 0 saturated heterocycles. The van der Waals surface area contributed by atoms with Gasteiger partial charge in [-0.05, 0) is 48.7 Å². The van der Waals surface area contributed by atoms with E-state index in [1.807, 2.05) is 30.3 Å². The molecule has 2 aromatic rings. The molecular weight excluding hydrogens is 324 g/mol. The molecule has 2 aliphatic heterocycles. The highest BCUT2D eigenvalue weighted by Gasteiger charge is 2.27. The van der Waals surface area contributed by atoms with Crippen molar-refractivity contribution >= 4 is 24.0 Å². The minimum atomic E-state index is -0.144. The summed E-state index contributed by atoms with van der Waals surface area (Å²) in [4.78, 5) is 12.7. The van der Waals surface area contributed by atoms with Gasteiger partial charge in [0.1, 0.15) is 5.75 Å². The number of fused-ring (bicyclic) bond motifs is 2. The SMILES string of the molecule is Cl.O=C(Nc1ccc2c(c1)CNCC2)C1CCOc2ccccc21. The summed E-state index contributed by atoms with van der Waals surface area (Å²) in [7, 11) is 0. The Morgan fingerprint density at radius 1 is 1.17 bits per heavy atom. The summed E-state index contributed by atoms with van der Waals surface area (Å²) in [6, 6.07) is 14.0. The average Bonchev–Trinajstić information content (AvgIpc) is 2.61. The molecule has 126 valence electrons. The zero-order valence-corrected chi connectivity index (χ0v) is 14.2. The second-order valence-corrected chi connectivity index (χ2v) is 6.13. The molecule has 24 heavy (non-hydrogen) atoms. The van der Waals surface area contributed by atoms with Gasteiger partial charge in [0.25, 0.3) is 0 Å². The van der Waals surface area contributed by atoms with Crippen LogP contribution in [0.2, 0.25) is 0 Å². The molecular formula is C19H21ClN2O2. The summed E-state index contributed by atoms with van der Waals surface area (Å²) in [5, 5.41) is 6.45. The third-order valence-electron chi connectivity index (χ3n) is 4.64. The number of benzene rings is 2. The first-order chi connectivity index (χ1) is 11.3. The van der Waals surface area contributed by atoms with E-state index in [1.165, 1.54) is 11.1 Å². The fourth-order valence-electron chi connectivity index (χ4n) is 3.40. The minimum Gasteiger partial charge on any atom is -0.493 e. The standard InChI is InChI=1S/C19H20N2O2.ClH/c22-19(17-8-10-23-18-4-2-1-3-16(17)18)21-15-6-5-13-7-9-20-12-14(13)11-15;/h1-6,11,17,20H,7-10,12H2,(H,21,22);1H. The summed E-state index contributed by atoms with van der Waals surface area (Å²) < 4.78 is 5.64. The van der Waals surface area contributed by atoms with Crippen LogP contribution in [0.3, 0.4) is 0 Å². The maximum Gasteiger partial charge on any atom is 0.232 e. The predicted octanol–water partition coefficient (Wildman–Crippen LogP) is 3.26. The predicted molar refractivity (Wildman–Crippen MR) is 97.0 cm³/mol. The van der Waals surface area contributed by atoms with Crippen LogP contribution in [0, 0.1) is 0 Å². The highest BCUT2D eigenvalue weighted by molar-refractivity contribution is 5.96.